The number of ether oxygens (including phenoxy) is 1. The Bertz CT molecular complexity index is 914. The number of rotatable bonds is 10. The minimum absolute atomic E-state index is 0.280. The number of carbonyl (C=O) groups excluding carboxylic acids is 1. The molecule has 176 valence electrons. The van der Waals surface area contributed by atoms with Crippen molar-refractivity contribution in [3.63, 3.8) is 0 Å². The molecule has 2 aromatic rings. The molecule has 2 N–H and O–H groups in total. The number of benzene rings is 2. The van der Waals surface area contributed by atoms with Crippen molar-refractivity contribution in [2.45, 2.75) is 64.1 Å². The Morgan fingerprint density at radius 1 is 1.00 bits per heavy atom. The van der Waals surface area contributed by atoms with Gasteiger partial charge in [-0.2, -0.15) is 0 Å². The first-order valence-corrected chi connectivity index (χ1v) is 12.6. The zero-order valence-corrected chi connectivity index (χ0v) is 20.1. The maximum absolute atomic E-state index is 11.6. The van der Waals surface area contributed by atoms with Gasteiger partial charge in [0.2, 0.25) is 0 Å². The highest BCUT2D eigenvalue weighted by molar-refractivity contribution is 5.89. The van der Waals surface area contributed by atoms with E-state index in [-0.39, 0.29) is 5.97 Å². The van der Waals surface area contributed by atoms with Crippen LogP contribution in [0.1, 0.15) is 66.9 Å². The second-order valence-corrected chi connectivity index (χ2v) is 9.63. The van der Waals surface area contributed by atoms with Crippen molar-refractivity contribution in [2.75, 3.05) is 13.7 Å². The predicted octanol–water partition coefficient (Wildman–Crippen LogP) is 5.59. The third kappa shape index (κ3) is 6.78. The van der Waals surface area contributed by atoms with E-state index in [0.717, 1.165) is 31.3 Å². The molecule has 2 fully saturated rings. The molecule has 0 amide bonds. The first-order chi connectivity index (χ1) is 16.2. The largest absolute Gasteiger partial charge is 0.465 e. The number of methoxy groups -OCH3 is 1. The molecular weight excluding hydrogens is 408 g/mol. The molecule has 0 radical (unpaired) electrons. The van der Waals surface area contributed by atoms with Crippen molar-refractivity contribution in [2.24, 2.45) is 11.8 Å². The van der Waals surface area contributed by atoms with E-state index in [1.807, 2.05) is 24.3 Å². The van der Waals surface area contributed by atoms with Gasteiger partial charge in [0.05, 0.1) is 12.7 Å². The fourth-order valence-corrected chi connectivity index (χ4v) is 5.09. The van der Waals surface area contributed by atoms with Gasteiger partial charge < -0.3 is 15.4 Å². The average Bonchev–Trinajstić information content (AvgIpc) is 3.65. The lowest BCUT2D eigenvalue weighted by atomic mass is 9.86. The summed E-state index contributed by atoms with van der Waals surface area (Å²) < 4.78 is 4.76. The van der Waals surface area contributed by atoms with Crippen LogP contribution in [-0.2, 0) is 11.3 Å². The first-order valence-electron chi connectivity index (χ1n) is 12.6. The maximum atomic E-state index is 11.6. The van der Waals surface area contributed by atoms with E-state index in [1.165, 1.54) is 50.3 Å². The summed E-state index contributed by atoms with van der Waals surface area (Å²) in [4.78, 5) is 11.6. The molecule has 0 heterocycles. The monoisotopic (exact) mass is 446 g/mol. The lowest BCUT2D eigenvalue weighted by Crippen LogP contribution is -2.36. The topological polar surface area (TPSA) is 50.4 Å². The highest BCUT2D eigenvalue weighted by atomic mass is 16.5. The fourth-order valence-electron chi connectivity index (χ4n) is 5.09. The molecule has 33 heavy (non-hydrogen) atoms. The van der Waals surface area contributed by atoms with Crippen LogP contribution in [0.3, 0.4) is 0 Å². The van der Waals surface area contributed by atoms with Crippen LogP contribution < -0.4 is 10.6 Å². The third-order valence-corrected chi connectivity index (χ3v) is 7.31. The molecule has 2 aliphatic rings. The van der Waals surface area contributed by atoms with Crippen molar-refractivity contribution in [1.82, 2.24) is 10.6 Å². The first kappa shape index (κ1) is 23.7. The summed E-state index contributed by atoms with van der Waals surface area (Å²) in [6, 6.07) is 19.7. The van der Waals surface area contributed by atoms with Crippen LogP contribution in [0.15, 0.2) is 60.2 Å². The molecule has 0 bridgehead atoms. The van der Waals surface area contributed by atoms with Crippen LogP contribution in [0, 0.1) is 11.8 Å². The van der Waals surface area contributed by atoms with E-state index >= 15 is 0 Å². The van der Waals surface area contributed by atoms with Crippen molar-refractivity contribution >= 4 is 12.0 Å². The fraction of sp³-hybridized carbons (Fsp3) is 0.483. The van der Waals surface area contributed by atoms with Gasteiger partial charge in [0.15, 0.2) is 0 Å². The van der Waals surface area contributed by atoms with Gasteiger partial charge in [-0.05, 0) is 80.2 Å². The molecule has 2 saturated carbocycles. The van der Waals surface area contributed by atoms with E-state index < -0.39 is 0 Å². The summed E-state index contributed by atoms with van der Waals surface area (Å²) >= 11 is 0. The van der Waals surface area contributed by atoms with Crippen molar-refractivity contribution < 1.29 is 9.53 Å². The molecule has 2 atom stereocenters. The van der Waals surface area contributed by atoms with Crippen LogP contribution in [0.2, 0.25) is 0 Å². The van der Waals surface area contributed by atoms with Crippen molar-refractivity contribution in [3.8, 4) is 0 Å². The molecule has 4 rings (SSSR count). The highest BCUT2D eigenvalue weighted by Gasteiger charge is 2.39. The summed E-state index contributed by atoms with van der Waals surface area (Å²) in [5, 5.41) is 7.58. The summed E-state index contributed by atoms with van der Waals surface area (Å²) in [6.07, 6.45) is 9.90. The molecule has 0 aliphatic heterocycles. The zero-order valence-electron chi connectivity index (χ0n) is 20.1. The smallest absolute Gasteiger partial charge is 0.337 e. The van der Waals surface area contributed by atoms with Crippen LogP contribution >= 0.6 is 0 Å². The number of hydrogen-bond donors (Lipinski definition) is 2. The average molecular weight is 447 g/mol. The second kappa shape index (κ2) is 11.6. The molecule has 2 aliphatic carbocycles. The van der Waals surface area contributed by atoms with Crippen LogP contribution in [-0.4, -0.2) is 31.7 Å². The molecular formula is C29H38N2O2. The van der Waals surface area contributed by atoms with Gasteiger partial charge in [-0.3, -0.25) is 0 Å². The van der Waals surface area contributed by atoms with Gasteiger partial charge in [-0.1, -0.05) is 61.0 Å². The minimum Gasteiger partial charge on any atom is -0.465 e. The minimum atomic E-state index is -0.280. The molecule has 0 unspecified atom stereocenters. The number of nitrogens with one attached hydrogen (secondary N) is 2. The van der Waals surface area contributed by atoms with E-state index in [0.29, 0.717) is 17.6 Å². The van der Waals surface area contributed by atoms with Gasteiger partial charge in [-0.25, -0.2) is 4.79 Å². The molecule has 0 spiro atoms. The molecule has 4 nitrogen and oxygen atoms in total. The predicted molar refractivity (Wildman–Crippen MR) is 135 cm³/mol. The highest BCUT2D eigenvalue weighted by Crippen LogP contribution is 2.40. The summed E-state index contributed by atoms with van der Waals surface area (Å²) in [6.45, 7) is 4.30. The van der Waals surface area contributed by atoms with Crippen molar-refractivity contribution in [1.29, 1.82) is 0 Å². The Balaban J connectivity index is 1.14. The normalized spacial score (nSPS) is 25.0. The standard InChI is InChI=1S/C29H38N2O2/c1-3-24(17-21-7-5-4-6-8-21)27-18-28(27)31-20-23-11-15-26(16-12-23)30-19-22-9-13-25(14-10-22)29(32)33-2/h4-10,13-14,17,23,26-28,30-31H,3,11-12,15-16,18-20H2,1-2H3/t23?,26?,27-,28+/m0/s1. The second-order valence-electron chi connectivity index (χ2n) is 9.63. The number of esters is 1. The van der Waals surface area contributed by atoms with Crippen LogP contribution in [0.25, 0.3) is 6.08 Å². The van der Waals surface area contributed by atoms with Crippen molar-refractivity contribution in [3.05, 3.63) is 76.9 Å². The zero-order chi connectivity index (χ0) is 23.0. The van der Waals surface area contributed by atoms with Crippen LogP contribution in [0.5, 0.6) is 0 Å². The Morgan fingerprint density at radius 2 is 1.73 bits per heavy atom. The van der Waals surface area contributed by atoms with Gasteiger partial charge in [0.25, 0.3) is 0 Å². The lowest BCUT2D eigenvalue weighted by Gasteiger charge is -2.29. The number of carbonyl (C=O) groups is 1. The quantitative estimate of drug-likeness (QED) is 0.467. The van der Waals surface area contributed by atoms with E-state index in [1.54, 1.807) is 5.57 Å². The summed E-state index contributed by atoms with van der Waals surface area (Å²) in [5.74, 6) is 1.24. The molecule has 0 aromatic heterocycles. The van der Waals surface area contributed by atoms with Gasteiger partial charge in [0.1, 0.15) is 0 Å². The Morgan fingerprint density at radius 3 is 2.39 bits per heavy atom. The Hall–Kier alpha value is -2.43. The van der Waals surface area contributed by atoms with E-state index in [4.69, 9.17) is 4.74 Å². The van der Waals surface area contributed by atoms with Gasteiger partial charge in [-0.15, -0.1) is 0 Å². The molecule has 4 heteroatoms. The van der Waals surface area contributed by atoms with Crippen LogP contribution in [0.4, 0.5) is 0 Å². The Labute approximate surface area is 198 Å². The molecule has 2 aromatic carbocycles. The third-order valence-electron chi connectivity index (χ3n) is 7.31. The summed E-state index contributed by atoms with van der Waals surface area (Å²) in [7, 11) is 1.41. The lowest BCUT2D eigenvalue weighted by molar-refractivity contribution is 0.0600. The van der Waals surface area contributed by atoms with E-state index in [2.05, 4.69) is 54.0 Å². The Kier molecular flexibility index (Phi) is 8.35. The van der Waals surface area contributed by atoms with E-state index in [9.17, 15) is 4.79 Å². The SMILES string of the molecule is CCC(=Cc1ccccc1)[C@@H]1C[C@H]1NCC1CCC(NCc2ccc(C(=O)OC)cc2)CC1. The van der Waals surface area contributed by atoms with Gasteiger partial charge in [0, 0.05) is 18.6 Å². The number of hydrogen-bond acceptors (Lipinski definition) is 4. The maximum Gasteiger partial charge on any atom is 0.337 e. The summed E-state index contributed by atoms with van der Waals surface area (Å²) in [5.41, 5.74) is 4.73. The van der Waals surface area contributed by atoms with Gasteiger partial charge >= 0.3 is 5.97 Å². The molecule has 0 saturated heterocycles.